The molecule has 19 heavy (non-hydrogen) atoms. The quantitative estimate of drug-likeness (QED) is 0.920. The highest BCUT2D eigenvalue weighted by Crippen LogP contribution is 2.13. The van der Waals surface area contributed by atoms with Gasteiger partial charge in [-0.05, 0) is 36.4 Å². The number of hydrogen-bond acceptors (Lipinski definition) is 2. The van der Waals surface area contributed by atoms with Crippen LogP contribution in [0.25, 0.3) is 0 Å². The van der Waals surface area contributed by atoms with E-state index in [1.807, 2.05) is 29.9 Å². The minimum Gasteiger partial charge on any atom is -0.354 e. The third-order valence-electron chi connectivity index (χ3n) is 2.85. The molecule has 0 aliphatic carbocycles. The number of halogens is 1. The maximum atomic E-state index is 12.0. The highest BCUT2D eigenvalue weighted by atomic mass is 35.5. The van der Waals surface area contributed by atoms with Crippen molar-refractivity contribution in [3.63, 3.8) is 0 Å². The lowest BCUT2D eigenvalue weighted by Crippen LogP contribution is -2.26. The zero-order valence-electron chi connectivity index (χ0n) is 10.5. The summed E-state index contributed by atoms with van der Waals surface area (Å²) in [5, 5.41) is 0.516. The van der Waals surface area contributed by atoms with Crippen LogP contribution in [-0.2, 0) is 23.5 Å². The van der Waals surface area contributed by atoms with E-state index in [1.54, 1.807) is 12.1 Å². The van der Waals surface area contributed by atoms with Crippen molar-refractivity contribution in [2.75, 3.05) is 6.54 Å². The van der Waals surface area contributed by atoms with Crippen molar-refractivity contribution in [1.29, 1.82) is 0 Å². The summed E-state index contributed by atoms with van der Waals surface area (Å²) in [6.07, 6.45) is 2.58. The number of sulfonamides is 1. The molecule has 0 amide bonds. The summed E-state index contributed by atoms with van der Waals surface area (Å²) in [6.45, 7) is 0.364. The first-order valence-corrected chi connectivity index (χ1v) is 7.70. The van der Waals surface area contributed by atoms with Gasteiger partial charge in [0.1, 0.15) is 0 Å². The van der Waals surface area contributed by atoms with Crippen LogP contribution in [0, 0.1) is 0 Å². The van der Waals surface area contributed by atoms with E-state index in [9.17, 15) is 8.42 Å². The second-order valence-corrected chi connectivity index (χ2v) is 6.42. The maximum absolute atomic E-state index is 12.0. The molecule has 0 spiro atoms. The summed E-state index contributed by atoms with van der Waals surface area (Å²) in [6, 6.07) is 10.0. The Balaban J connectivity index is 1.98. The highest BCUT2D eigenvalue weighted by Gasteiger charge is 2.13. The Labute approximate surface area is 118 Å². The molecule has 2 rings (SSSR count). The minimum absolute atomic E-state index is 0.226. The molecule has 0 bridgehead atoms. The highest BCUT2D eigenvalue weighted by molar-refractivity contribution is 7.89. The molecule has 0 saturated carbocycles. The third kappa shape index (κ3) is 3.59. The Morgan fingerprint density at radius 2 is 1.89 bits per heavy atom. The fourth-order valence-corrected chi connectivity index (χ4v) is 2.92. The van der Waals surface area contributed by atoms with Crippen molar-refractivity contribution in [2.24, 2.45) is 7.05 Å². The van der Waals surface area contributed by atoms with E-state index in [-0.39, 0.29) is 4.90 Å². The molecule has 0 unspecified atom stereocenters. The molecule has 0 saturated heterocycles. The topological polar surface area (TPSA) is 51.1 Å². The summed E-state index contributed by atoms with van der Waals surface area (Å²) in [7, 11) is -1.53. The lowest BCUT2D eigenvalue weighted by Gasteiger charge is -2.07. The molecular formula is C13H15ClN2O2S. The summed E-state index contributed by atoms with van der Waals surface area (Å²) < 4.78 is 28.5. The van der Waals surface area contributed by atoms with Crippen LogP contribution in [0.4, 0.5) is 0 Å². The molecular weight excluding hydrogens is 284 g/mol. The van der Waals surface area contributed by atoms with E-state index in [4.69, 9.17) is 11.6 Å². The zero-order valence-corrected chi connectivity index (χ0v) is 12.1. The Kier molecular flexibility index (Phi) is 4.29. The number of benzene rings is 1. The third-order valence-corrected chi connectivity index (χ3v) is 4.58. The van der Waals surface area contributed by atoms with Gasteiger partial charge in [0.15, 0.2) is 0 Å². The van der Waals surface area contributed by atoms with E-state index in [0.717, 1.165) is 5.69 Å². The minimum atomic E-state index is -3.46. The van der Waals surface area contributed by atoms with Gasteiger partial charge in [-0.1, -0.05) is 11.6 Å². The zero-order chi connectivity index (χ0) is 13.9. The molecule has 6 heteroatoms. The summed E-state index contributed by atoms with van der Waals surface area (Å²) >= 11 is 5.73. The first-order valence-electron chi connectivity index (χ1n) is 5.84. The number of aromatic nitrogens is 1. The Morgan fingerprint density at radius 3 is 2.47 bits per heavy atom. The van der Waals surface area contributed by atoms with Crippen LogP contribution in [-0.4, -0.2) is 19.5 Å². The fraction of sp³-hybridized carbons (Fsp3) is 0.231. The number of aryl methyl sites for hydroxylation is 1. The summed E-state index contributed by atoms with van der Waals surface area (Å²) in [4.78, 5) is 0.226. The molecule has 0 aliphatic rings. The molecule has 1 N–H and O–H groups in total. The molecule has 0 aliphatic heterocycles. The van der Waals surface area contributed by atoms with Crippen LogP contribution in [0.1, 0.15) is 5.69 Å². The van der Waals surface area contributed by atoms with Crippen LogP contribution in [0.15, 0.2) is 47.5 Å². The smallest absolute Gasteiger partial charge is 0.240 e. The molecule has 0 fully saturated rings. The molecule has 102 valence electrons. The molecule has 1 aromatic heterocycles. The van der Waals surface area contributed by atoms with Crippen molar-refractivity contribution in [2.45, 2.75) is 11.3 Å². The van der Waals surface area contributed by atoms with Gasteiger partial charge in [0, 0.05) is 36.9 Å². The monoisotopic (exact) mass is 298 g/mol. The second-order valence-electron chi connectivity index (χ2n) is 4.21. The molecule has 0 radical (unpaired) electrons. The van der Waals surface area contributed by atoms with E-state index in [1.165, 1.54) is 12.1 Å². The largest absolute Gasteiger partial charge is 0.354 e. The van der Waals surface area contributed by atoms with E-state index in [2.05, 4.69) is 4.72 Å². The number of nitrogens with one attached hydrogen (secondary N) is 1. The Hall–Kier alpha value is -1.30. The predicted molar refractivity (Wildman–Crippen MR) is 75.8 cm³/mol. The van der Waals surface area contributed by atoms with Crippen LogP contribution < -0.4 is 4.72 Å². The van der Waals surface area contributed by atoms with Gasteiger partial charge >= 0.3 is 0 Å². The van der Waals surface area contributed by atoms with Crippen LogP contribution >= 0.6 is 11.6 Å². The number of hydrogen-bond donors (Lipinski definition) is 1. The Morgan fingerprint density at radius 1 is 1.21 bits per heavy atom. The van der Waals surface area contributed by atoms with Gasteiger partial charge in [-0.25, -0.2) is 13.1 Å². The summed E-state index contributed by atoms with van der Waals surface area (Å²) in [5.74, 6) is 0. The predicted octanol–water partition coefficient (Wildman–Crippen LogP) is 2.20. The average Bonchev–Trinajstić information content (AvgIpc) is 2.75. The van der Waals surface area contributed by atoms with Gasteiger partial charge in [-0.2, -0.15) is 0 Å². The van der Waals surface area contributed by atoms with E-state index in [0.29, 0.717) is 18.0 Å². The van der Waals surface area contributed by atoms with Gasteiger partial charge in [-0.15, -0.1) is 0 Å². The summed E-state index contributed by atoms with van der Waals surface area (Å²) in [5.41, 5.74) is 1.08. The van der Waals surface area contributed by atoms with Gasteiger partial charge in [0.2, 0.25) is 10.0 Å². The van der Waals surface area contributed by atoms with Gasteiger partial charge in [0.25, 0.3) is 0 Å². The van der Waals surface area contributed by atoms with Crippen molar-refractivity contribution in [1.82, 2.24) is 9.29 Å². The normalized spacial score (nSPS) is 11.7. The van der Waals surface area contributed by atoms with Crippen molar-refractivity contribution in [3.8, 4) is 0 Å². The first kappa shape index (κ1) is 14.1. The molecule has 1 heterocycles. The average molecular weight is 299 g/mol. The van der Waals surface area contributed by atoms with Gasteiger partial charge < -0.3 is 4.57 Å². The number of rotatable bonds is 5. The van der Waals surface area contributed by atoms with Crippen LogP contribution in [0.2, 0.25) is 5.02 Å². The fourth-order valence-electron chi connectivity index (χ4n) is 1.77. The molecule has 1 aromatic carbocycles. The molecule has 0 atom stereocenters. The number of nitrogens with zero attached hydrogens (tertiary/aromatic N) is 1. The first-order chi connectivity index (χ1) is 8.99. The van der Waals surface area contributed by atoms with Gasteiger partial charge in [-0.3, -0.25) is 0 Å². The SMILES string of the molecule is Cn1cccc1CCNS(=O)(=O)c1ccc(Cl)cc1. The maximum Gasteiger partial charge on any atom is 0.240 e. The Bertz CT molecular complexity index is 648. The van der Waals surface area contributed by atoms with Crippen molar-refractivity contribution >= 4 is 21.6 Å². The van der Waals surface area contributed by atoms with Gasteiger partial charge in [0.05, 0.1) is 4.90 Å². The lowest BCUT2D eigenvalue weighted by atomic mass is 10.3. The molecule has 2 aromatic rings. The van der Waals surface area contributed by atoms with E-state index >= 15 is 0 Å². The van der Waals surface area contributed by atoms with Crippen LogP contribution in [0.3, 0.4) is 0 Å². The van der Waals surface area contributed by atoms with Crippen molar-refractivity contribution in [3.05, 3.63) is 53.3 Å². The molecule has 4 nitrogen and oxygen atoms in total. The lowest BCUT2D eigenvalue weighted by molar-refractivity contribution is 0.580. The van der Waals surface area contributed by atoms with Crippen LogP contribution in [0.5, 0.6) is 0 Å². The van der Waals surface area contributed by atoms with Crippen molar-refractivity contribution < 1.29 is 8.42 Å². The standard InChI is InChI=1S/C13H15ClN2O2S/c1-16-10-2-3-12(16)8-9-15-19(17,18)13-6-4-11(14)5-7-13/h2-7,10,15H,8-9H2,1H3. The van der Waals surface area contributed by atoms with E-state index < -0.39 is 10.0 Å². The second kappa shape index (κ2) is 5.77.